The molecule has 0 aromatic carbocycles. The van der Waals surface area contributed by atoms with E-state index in [4.69, 9.17) is 4.74 Å². The summed E-state index contributed by atoms with van der Waals surface area (Å²) in [5.41, 5.74) is -0.531. The first-order valence-electron chi connectivity index (χ1n) is 6.03. The van der Waals surface area contributed by atoms with Crippen molar-refractivity contribution in [3.05, 3.63) is 0 Å². The maximum atomic E-state index is 10.2. The van der Waals surface area contributed by atoms with Crippen molar-refractivity contribution in [1.82, 2.24) is 10.6 Å². The number of ether oxygens (including phenoxy) is 1. The van der Waals surface area contributed by atoms with Crippen LogP contribution in [0.4, 0.5) is 0 Å². The van der Waals surface area contributed by atoms with Crippen molar-refractivity contribution in [2.75, 3.05) is 32.8 Å². The van der Waals surface area contributed by atoms with E-state index in [0.29, 0.717) is 25.8 Å². The van der Waals surface area contributed by atoms with Crippen molar-refractivity contribution in [1.29, 1.82) is 0 Å². The van der Waals surface area contributed by atoms with Crippen molar-refractivity contribution in [2.45, 2.75) is 37.3 Å². The molecule has 4 heteroatoms. The summed E-state index contributed by atoms with van der Waals surface area (Å²) < 4.78 is 5.24. The number of rotatable bonds is 4. The Labute approximate surface area is 91.4 Å². The van der Waals surface area contributed by atoms with E-state index in [9.17, 15) is 5.11 Å². The highest BCUT2D eigenvalue weighted by atomic mass is 16.5. The minimum Gasteiger partial charge on any atom is -0.388 e. The van der Waals surface area contributed by atoms with Crippen LogP contribution in [0.3, 0.4) is 0 Å². The molecule has 1 unspecified atom stereocenters. The molecular formula is C11H22N2O2. The SMILES string of the molecule is OC1(CNCC2CCCN2)CCOCC1. The second-order valence-electron chi connectivity index (χ2n) is 4.76. The van der Waals surface area contributed by atoms with Gasteiger partial charge in [0.05, 0.1) is 5.60 Å². The van der Waals surface area contributed by atoms with E-state index >= 15 is 0 Å². The number of aliphatic hydroxyl groups is 1. The molecule has 0 spiro atoms. The first kappa shape index (κ1) is 11.3. The summed E-state index contributed by atoms with van der Waals surface area (Å²) in [6, 6.07) is 0.605. The Morgan fingerprint density at radius 3 is 2.87 bits per heavy atom. The average Bonchev–Trinajstić information content (AvgIpc) is 2.71. The van der Waals surface area contributed by atoms with Gasteiger partial charge in [0, 0.05) is 45.2 Å². The summed E-state index contributed by atoms with van der Waals surface area (Å²) in [7, 11) is 0. The van der Waals surface area contributed by atoms with Crippen LogP contribution >= 0.6 is 0 Å². The summed E-state index contributed by atoms with van der Waals surface area (Å²) in [6.45, 7) is 4.21. The van der Waals surface area contributed by atoms with Crippen LogP contribution < -0.4 is 10.6 Å². The molecular weight excluding hydrogens is 192 g/mol. The second-order valence-corrected chi connectivity index (χ2v) is 4.76. The van der Waals surface area contributed by atoms with Gasteiger partial charge in [-0.25, -0.2) is 0 Å². The van der Waals surface area contributed by atoms with Crippen molar-refractivity contribution in [3.63, 3.8) is 0 Å². The zero-order valence-electron chi connectivity index (χ0n) is 9.30. The molecule has 2 saturated heterocycles. The lowest BCUT2D eigenvalue weighted by Gasteiger charge is -2.32. The molecule has 2 rings (SSSR count). The predicted molar refractivity (Wildman–Crippen MR) is 58.9 cm³/mol. The van der Waals surface area contributed by atoms with E-state index in [1.165, 1.54) is 12.8 Å². The minimum absolute atomic E-state index is 0.531. The van der Waals surface area contributed by atoms with Gasteiger partial charge in [0.2, 0.25) is 0 Å². The van der Waals surface area contributed by atoms with Gasteiger partial charge < -0.3 is 20.5 Å². The predicted octanol–water partition coefficient (Wildman–Crippen LogP) is -0.131. The molecule has 0 aliphatic carbocycles. The molecule has 4 nitrogen and oxygen atoms in total. The summed E-state index contributed by atoms with van der Waals surface area (Å²) in [5, 5.41) is 17.0. The van der Waals surface area contributed by atoms with Crippen LogP contribution in [0.15, 0.2) is 0 Å². The zero-order chi connectivity index (χ0) is 10.6. The molecule has 3 N–H and O–H groups in total. The van der Waals surface area contributed by atoms with E-state index in [0.717, 1.165) is 25.9 Å². The molecule has 2 fully saturated rings. The van der Waals surface area contributed by atoms with Crippen molar-refractivity contribution in [3.8, 4) is 0 Å². The smallest absolute Gasteiger partial charge is 0.0815 e. The van der Waals surface area contributed by atoms with E-state index in [-0.39, 0.29) is 0 Å². The molecule has 2 aliphatic heterocycles. The van der Waals surface area contributed by atoms with Gasteiger partial charge in [0.15, 0.2) is 0 Å². The van der Waals surface area contributed by atoms with Crippen LogP contribution in [0, 0.1) is 0 Å². The Bertz CT molecular complexity index is 187. The van der Waals surface area contributed by atoms with Crippen LogP contribution in [0.2, 0.25) is 0 Å². The van der Waals surface area contributed by atoms with Gasteiger partial charge in [0.25, 0.3) is 0 Å². The van der Waals surface area contributed by atoms with Gasteiger partial charge >= 0.3 is 0 Å². The maximum Gasteiger partial charge on any atom is 0.0815 e. The zero-order valence-corrected chi connectivity index (χ0v) is 9.30. The third kappa shape index (κ3) is 3.41. The maximum absolute atomic E-state index is 10.2. The van der Waals surface area contributed by atoms with Gasteiger partial charge in [-0.3, -0.25) is 0 Å². The van der Waals surface area contributed by atoms with Gasteiger partial charge in [-0.2, -0.15) is 0 Å². The topological polar surface area (TPSA) is 53.5 Å². The van der Waals surface area contributed by atoms with Crippen molar-refractivity contribution >= 4 is 0 Å². The molecule has 15 heavy (non-hydrogen) atoms. The molecule has 2 aliphatic rings. The van der Waals surface area contributed by atoms with E-state index in [1.807, 2.05) is 0 Å². The highest BCUT2D eigenvalue weighted by molar-refractivity contribution is 4.85. The fraction of sp³-hybridized carbons (Fsp3) is 1.00. The van der Waals surface area contributed by atoms with Gasteiger partial charge in [-0.1, -0.05) is 0 Å². The highest BCUT2D eigenvalue weighted by Gasteiger charge is 2.29. The molecule has 0 radical (unpaired) electrons. The molecule has 1 atom stereocenters. The van der Waals surface area contributed by atoms with Gasteiger partial charge in [-0.15, -0.1) is 0 Å². The normalized spacial score (nSPS) is 30.6. The lowest BCUT2D eigenvalue weighted by atomic mass is 9.94. The Balaban J connectivity index is 1.63. The number of nitrogens with one attached hydrogen (secondary N) is 2. The monoisotopic (exact) mass is 214 g/mol. The molecule has 2 heterocycles. The molecule has 0 saturated carbocycles. The fourth-order valence-electron chi connectivity index (χ4n) is 2.34. The summed E-state index contributed by atoms with van der Waals surface area (Å²) in [4.78, 5) is 0. The van der Waals surface area contributed by atoms with E-state index in [2.05, 4.69) is 10.6 Å². The Hall–Kier alpha value is -0.160. The minimum atomic E-state index is -0.531. The van der Waals surface area contributed by atoms with E-state index in [1.54, 1.807) is 0 Å². The lowest BCUT2D eigenvalue weighted by Crippen LogP contribution is -2.47. The third-order valence-corrected chi connectivity index (χ3v) is 3.43. The number of hydrogen-bond acceptors (Lipinski definition) is 4. The van der Waals surface area contributed by atoms with Crippen LogP contribution in [-0.2, 0) is 4.74 Å². The second kappa shape index (κ2) is 5.25. The van der Waals surface area contributed by atoms with Crippen molar-refractivity contribution in [2.24, 2.45) is 0 Å². The Kier molecular flexibility index (Phi) is 3.97. The van der Waals surface area contributed by atoms with Gasteiger partial charge in [0.1, 0.15) is 0 Å². The third-order valence-electron chi connectivity index (χ3n) is 3.43. The Morgan fingerprint density at radius 1 is 1.40 bits per heavy atom. The Morgan fingerprint density at radius 2 is 2.20 bits per heavy atom. The summed E-state index contributed by atoms with van der Waals surface area (Å²) in [6.07, 6.45) is 4.06. The lowest BCUT2D eigenvalue weighted by molar-refractivity contribution is -0.0615. The summed E-state index contributed by atoms with van der Waals surface area (Å²) >= 11 is 0. The largest absolute Gasteiger partial charge is 0.388 e. The van der Waals surface area contributed by atoms with Crippen LogP contribution in [0.5, 0.6) is 0 Å². The van der Waals surface area contributed by atoms with Crippen molar-refractivity contribution < 1.29 is 9.84 Å². The molecule has 0 amide bonds. The molecule has 0 aromatic heterocycles. The fourth-order valence-corrected chi connectivity index (χ4v) is 2.34. The van der Waals surface area contributed by atoms with Crippen LogP contribution in [0.25, 0.3) is 0 Å². The quantitative estimate of drug-likeness (QED) is 0.610. The first-order chi connectivity index (χ1) is 7.29. The molecule has 0 aromatic rings. The first-order valence-corrected chi connectivity index (χ1v) is 6.03. The number of hydrogen-bond donors (Lipinski definition) is 3. The van der Waals surface area contributed by atoms with E-state index < -0.39 is 5.60 Å². The van der Waals surface area contributed by atoms with Crippen LogP contribution in [0.1, 0.15) is 25.7 Å². The molecule has 0 bridgehead atoms. The van der Waals surface area contributed by atoms with Crippen LogP contribution in [-0.4, -0.2) is 49.6 Å². The summed E-state index contributed by atoms with van der Waals surface area (Å²) in [5.74, 6) is 0. The standard InChI is InChI=1S/C11H22N2O2/c14-11(3-6-15-7-4-11)9-12-8-10-2-1-5-13-10/h10,12-14H,1-9H2. The van der Waals surface area contributed by atoms with Gasteiger partial charge in [-0.05, 0) is 19.4 Å². The average molecular weight is 214 g/mol. The molecule has 88 valence electrons. The highest BCUT2D eigenvalue weighted by Crippen LogP contribution is 2.19.